The minimum atomic E-state index is -0.429. The third-order valence-electron chi connectivity index (χ3n) is 3.17. The van der Waals surface area contributed by atoms with Crippen LogP contribution in [0, 0.1) is 0 Å². The molecule has 0 spiro atoms. The summed E-state index contributed by atoms with van der Waals surface area (Å²) in [7, 11) is 0. The number of morpholine rings is 1. The minimum absolute atomic E-state index is 0.429. The molecule has 0 atom stereocenters. The fourth-order valence-corrected chi connectivity index (χ4v) is 2.23. The van der Waals surface area contributed by atoms with E-state index in [1.54, 1.807) is 18.3 Å². The second-order valence-corrected chi connectivity index (χ2v) is 4.95. The molecule has 20 heavy (non-hydrogen) atoms. The van der Waals surface area contributed by atoms with Crippen LogP contribution in [0.4, 0.5) is 0 Å². The first kappa shape index (κ1) is 13.1. The molecule has 0 amide bonds. The van der Waals surface area contributed by atoms with Crippen LogP contribution in [0.2, 0.25) is 5.02 Å². The van der Waals surface area contributed by atoms with Crippen LogP contribution in [0.3, 0.4) is 0 Å². The highest BCUT2D eigenvalue weighted by Gasteiger charge is 2.28. The van der Waals surface area contributed by atoms with E-state index in [1.165, 1.54) is 0 Å². The van der Waals surface area contributed by atoms with Gasteiger partial charge in [-0.1, -0.05) is 28.9 Å². The van der Waals surface area contributed by atoms with Crippen LogP contribution in [0.15, 0.2) is 41.2 Å². The highest BCUT2D eigenvalue weighted by atomic mass is 35.5. The summed E-state index contributed by atoms with van der Waals surface area (Å²) in [6.45, 7) is 2.83. The number of halogens is 1. The van der Waals surface area contributed by atoms with Gasteiger partial charge in [-0.2, -0.15) is 0 Å². The van der Waals surface area contributed by atoms with E-state index in [0.717, 1.165) is 18.7 Å². The van der Waals surface area contributed by atoms with Gasteiger partial charge in [0.05, 0.1) is 13.2 Å². The molecule has 0 aromatic heterocycles. The molecule has 1 aromatic carbocycles. The summed E-state index contributed by atoms with van der Waals surface area (Å²) in [6.07, 6.45) is 1.80. The Balaban J connectivity index is 1.87. The quantitative estimate of drug-likeness (QED) is 0.616. The molecule has 0 saturated carbocycles. The maximum absolute atomic E-state index is 11.8. The highest BCUT2D eigenvalue weighted by molar-refractivity contribution is 6.31. The minimum Gasteiger partial charge on any atom is -0.378 e. The summed E-state index contributed by atoms with van der Waals surface area (Å²) in [5.74, 6) is -0.429. The molecule has 0 unspecified atom stereocenters. The molecule has 0 N–H and O–H groups in total. The van der Waals surface area contributed by atoms with Gasteiger partial charge < -0.3 is 14.5 Å². The van der Waals surface area contributed by atoms with Gasteiger partial charge in [0.2, 0.25) is 0 Å². The van der Waals surface area contributed by atoms with E-state index < -0.39 is 5.97 Å². The smallest absolute Gasteiger partial charge is 0.369 e. The normalized spacial score (nSPS) is 21.1. The number of rotatable bonds is 2. The fourth-order valence-electron chi connectivity index (χ4n) is 2.10. The number of hydrogen-bond acceptors (Lipinski definition) is 5. The van der Waals surface area contributed by atoms with Crippen molar-refractivity contribution in [1.82, 2.24) is 4.90 Å². The third-order valence-corrected chi connectivity index (χ3v) is 3.42. The summed E-state index contributed by atoms with van der Waals surface area (Å²) in [6, 6.07) is 7.15. The van der Waals surface area contributed by atoms with E-state index in [-0.39, 0.29) is 0 Å². The molecule has 0 aliphatic carbocycles. The Morgan fingerprint density at radius 3 is 2.60 bits per heavy atom. The SMILES string of the molecule is O=C1ON=C(c2ccc(Cl)cc2)/C1=C/N1CCOCC1. The first-order chi connectivity index (χ1) is 9.74. The molecular formula is C14H13ClN2O3. The van der Waals surface area contributed by atoms with Gasteiger partial charge in [-0.15, -0.1) is 0 Å². The summed E-state index contributed by atoms with van der Waals surface area (Å²) in [5, 5.41) is 4.50. The maximum atomic E-state index is 11.8. The number of hydrogen-bond donors (Lipinski definition) is 0. The molecule has 1 saturated heterocycles. The lowest BCUT2D eigenvalue weighted by atomic mass is 10.0. The van der Waals surface area contributed by atoms with Crippen molar-refractivity contribution in [3.05, 3.63) is 46.6 Å². The van der Waals surface area contributed by atoms with Crippen molar-refractivity contribution in [2.75, 3.05) is 26.3 Å². The molecule has 2 aliphatic rings. The summed E-state index contributed by atoms with van der Waals surface area (Å²) in [5.41, 5.74) is 1.81. The Hall–Kier alpha value is -1.85. The number of oxime groups is 1. The molecule has 104 valence electrons. The van der Waals surface area contributed by atoms with Gasteiger partial charge in [0.25, 0.3) is 0 Å². The van der Waals surface area contributed by atoms with E-state index in [0.29, 0.717) is 29.5 Å². The second kappa shape index (κ2) is 5.64. The van der Waals surface area contributed by atoms with Crippen LogP contribution in [-0.4, -0.2) is 42.9 Å². The summed E-state index contributed by atoms with van der Waals surface area (Å²) in [4.78, 5) is 18.6. The van der Waals surface area contributed by atoms with E-state index in [1.807, 2.05) is 17.0 Å². The van der Waals surface area contributed by atoms with E-state index in [2.05, 4.69) is 5.16 Å². The average Bonchev–Trinajstić information content (AvgIpc) is 2.83. The number of ether oxygens (including phenoxy) is 1. The van der Waals surface area contributed by atoms with Crippen molar-refractivity contribution in [2.45, 2.75) is 0 Å². The second-order valence-electron chi connectivity index (χ2n) is 4.52. The lowest BCUT2D eigenvalue weighted by Crippen LogP contribution is -2.33. The Bertz CT molecular complexity index is 575. The molecule has 3 rings (SSSR count). The van der Waals surface area contributed by atoms with Gasteiger partial charge in [0.15, 0.2) is 0 Å². The van der Waals surface area contributed by atoms with Crippen molar-refractivity contribution in [1.29, 1.82) is 0 Å². The lowest BCUT2D eigenvalue weighted by Gasteiger charge is -2.25. The Morgan fingerprint density at radius 1 is 1.20 bits per heavy atom. The zero-order valence-corrected chi connectivity index (χ0v) is 11.5. The van der Waals surface area contributed by atoms with Crippen LogP contribution in [0.1, 0.15) is 5.56 Å². The Morgan fingerprint density at radius 2 is 1.90 bits per heavy atom. The number of nitrogens with zero attached hydrogens (tertiary/aromatic N) is 2. The predicted octanol–water partition coefficient (Wildman–Crippen LogP) is 1.82. The zero-order valence-electron chi connectivity index (χ0n) is 10.7. The Kier molecular flexibility index (Phi) is 3.71. The van der Waals surface area contributed by atoms with Gasteiger partial charge in [-0.3, -0.25) is 0 Å². The molecular weight excluding hydrogens is 280 g/mol. The first-order valence-corrected chi connectivity index (χ1v) is 6.71. The molecule has 0 bridgehead atoms. The standard InChI is InChI=1S/C14H13ClN2O3/c15-11-3-1-10(2-4-11)13-12(14(18)20-16-13)9-17-5-7-19-8-6-17/h1-4,9H,5-8H2/b12-9-. The lowest BCUT2D eigenvalue weighted by molar-refractivity contribution is -0.137. The number of carbonyl (C=O) groups is 1. The molecule has 5 nitrogen and oxygen atoms in total. The largest absolute Gasteiger partial charge is 0.378 e. The van der Waals surface area contributed by atoms with Crippen LogP contribution in [0.5, 0.6) is 0 Å². The molecule has 6 heteroatoms. The summed E-state index contributed by atoms with van der Waals surface area (Å²) >= 11 is 5.86. The monoisotopic (exact) mass is 292 g/mol. The molecule has 1 aromatic rings. The van der Waals surface area contributed by atoms with Crippen LogP contribution in [0.25, 0.3) is 0 Å². The number of benzene rings is 1. The van der Waals surface area contributed by atoms with E-state index >= 15 is 0 Å². The van der Waals surface area contributed by atoms with Crippen molar-refractivity contribution in [2.24, 2.45) is 5.16 Å². The van der Waals surface area contributed by atoms with Crippen molar-refractivity contribution in [3.8, 4) is 0 Å². The average molecular weight is 293 g/mol. The van der Waals surface area contributed by atoms with Crippen molar-refractivity contribution in [3.63, 3.8) is 0 Å². The van der Waals surface area contributed by atoms with Gasteiger partial charge in [0, 0.05) is 29.9 Å². The third kappa shape index (κ3) is 2.69. The molecule has 2 aliphatic heterocycles. The summed E-state index contributed by atoms with van der Waals surface area (Å²) < 4.78 is 5.28. The van der Waals surface area contributed by atoms with E-state index in [9.17, 15) is 4.79 Å². The van der Waals surface area contributed by atoms with Gasteiger partial charge >= 0.3 is 5.97 Å². The predicted molar refractivity (Wildman–Crippen MR) is 74.6 cm³/mol. The fraction of sp³-hybridized carbons (Fsp3) is 0.286. The van der Waals surface area contributed by atoms with Gasteiger partial charge in [-0.05, 0) is 12.1 Å². The van der Waals surface area contributed by atoms with Crippen LogP contribution >= 0.6 is 11.6 Å². The van der Waals surface area contributed by atoms with Crippen molar-refractivity contribution >= 4 is 23.3 Å². The van der Waals surface area contributed by atoms with Crippen LogP contribution < -0.4 is 0 Å². The first-order valence-electron chi connectivity index (χ1n) is 6.33. The Labute approximate surface area is 121 Å². The topological polar surface area (TPSA) is 51.1 Å². The highest BCUT2D eigenvalue weighted by Crippen LogP contribution is 2.20. The maximum Gasteiger partial charge on any atom is 0.369 e. The molecule has 1 fully saturated rings. The zero-order chi connectivity index (χ0) is 13.9. The van der Waals surface area contributed by atoms with Crippen LogP contribution in [-0.2, 0) is 14.4 Å². The number of carbonyl (C=O) groups excluding carboxylic acids is 1. The van der Waals surface area contributed by atoms with Gasteiger partial charge in [0.1, 0.15) is 11.3 Å². The van der Waals surface area contributed by atoms with Gasteiger partial charge in [-0.25, -0.2) is 4.79 Å². The molecule has 0 radical (unpaired) electrons. The molecule has 2 heterocycles. The van der Waals surface area contributed by atoms with Crippen molar-refractivity contribution < 1.29 is 14.4 Å². The van der Waals surface area contributed by atoms with E-state index in [4.69, 9.17) is 21.2 Å².